The number of benzene rings is 2. The van der Waals surface area contributed by atoms with Crippen molar-refractivity contribution in [1.29, 1.82) is 0 Å². The second-order valence-electron chi connectivity index (χ2n) is 5.10. The van der Waals surface area contributed by atoms with Crippen molar-refractivity contribution in [3.8, 4) is 5.75 Å². The van der Waals surface area contributed by atoms with Crippen LogP contribution in [-0.2, 0) is 14.9 Å². The Morgan fingerprint density at radius 1 is 1.12 bits per heavy atom. The normalized spacial score (nSPS) is 12.5. The number of rotatable bonds is 5. The summed E-state index contributed by atoms with van der Waals surface area (Å²) in [6.07, 6.45) is 0. The monoisotopic (exact) mass is 510 g/mol. The number of carbonyl (C=O) groups excluding carboxylic acids is 1. The summed E-state index contributed by atoms with van der Waals surface area (Å²) >= 11 is 6.31. The van der Waals surface area contributed by atoms with Crippen LogP contribution < -0.4 is 4.74 Å². The SMILES string of the molecule is COC(=O)c1c(C(c2ccc(F)cc2Br)S(=O)(=O)O)ccc(Br)c1OC. The first-order chi connectivity index (χ1) is 12.1. The van der Waals surface area contributed by atoms with Crippen molar-refractivity contribution in [3.05, 3.63) is 61.8 Å². The van der Waals surface area contributed by atoms with Crippen molar-refractivity contribution < 1.29 is 31.6 Å². The molecule has 26 heavy (non-hydrogen) atoms. The van der Waals surface area contributed by atoms with Crippen molar-refractivity contribution in [3.63, 3.8) is 0 Å². The van der Waals surface area contributed by atoms with Crippen LogP contribution >= 0.6 is 31.9 Å². The molecule has 2 aromatic rings. The van der Waals surface area contributed by atoms with Gasteiger partial charge in [-0.05, 0) is 45.3 Å². The maximum Gasteiger partial charge on any atom is 0.342 e. The van der Waals surface area contributed by atoms with E-state index in [1.807, 2.05) is 0 Å². The Morgan fingerprint density at radius 3 is 2.23 bits per heavy atom. The zero-order valence-electron chi connectivity index (χ0n) is 13.5. The number of carbonyl (C=O) groups is 1. The van der Waals surface area contributed by atoms with Gasteiger partial charge in [-0.15, -0.1) is 0 Å². The van der Waals surface area contributed by atoms with Gasteiger partial charge in [0.15, 0.2) is 0 Å². The van der Waals surface area contributed by atoms with E-state index in [1.165, 1.54) is 25.3 Å². The largest absolute Gasteiger partial charge is 0.495 e. The highest BCUT2D eigenvalue weighted by molar-refractivity contribution is 9.10. The first-order valence-electron chi connectivity index (χ1n) is 6.97. The molecule has 1 atom stereocenters. The third kappa shape index (κ3) is 4.08. The Balaban J connectivity index is 2.89. The van der Waals surface area contributed by atoms with Crippen LogP contribution in [0.15, 0.2) is 39.3 Å². The van der Waals surface area contributed by atoms with E-state index < -0.39 is 27.2 Å². The summed E-state index contributed by atoms with van der Waals surface area (Å²) < 4.78 is 58.0. The first kappa shape index (κ1) is 20.8. The van der Waals surface area contributed by atoms with E-state index in [0.29, 0.717) is 4.47 Å². The minimum atomic E-state index is -4.74. The van der Waals surface area contributed by atoms with E-state index >= 15 is 0 Å². The Morgan fingerprint density at radius 2 is 1.73 bits per heavy atom. The average Bonchev–Trinajstić information content (AvgIpc) is 2.56. The standard InChI is InChI=1S/C16H13Br2FO6S/c1-24-14-11(17)6-5-10(13(14)16(20)25-2)15(26(21,22)23)9-4-3-8(19)7-12(9)18/h3-7,15H,1-2H3,(H,21,22,23). The Bertz CT molecular complexity index is 961. The molecule has 1 unspecified atom stereocenters. The van der Waals surface area contributed by atoms with Crippen LogP contribution in [0.2, 0.25) is 0 Å². The van der Waals surface area contributed by atoms with Crippen LogP contribution in [0.5, 0.6) is 5.75 Å². The molecule has 0 fully saturated rings. The average molecular weight is 512 g/mol. The van der Waals surface area contributed by atoms with Gasteiger partial charge < -0.3 is 9.47 Å². The fourth-order valence-corrected chi connectivity index (χ4v) is 4.77. The molecule has 0 amide bonds. The summed E-state index contributed by atoms with van der Waals surface area (Å²) in [7, 11) is -2.31. The van der Waals surface area contributed by atoms with Crippen molar-refractivity contribution in [1.82, 2.24) is 0 Å². The third-order valence-electron chi connectivity index (χ3n) is 3.56. The molecule has 0 saturated carbocycles. The summed E-state index contributed by atoms with van der Waals surface area (Å²) in [6.45, 7) is 0. The fraction of sp³-hybridized carbons (Fsp3) is 0.188. The molecular weight excluding hydrogens is 499 g/mol. The van der Waals surface area contributed by atoms with Crippen molar-refractivity contribution in [2.45, 2.75) is 5.25 Å². The molecule has 2 aromatic carbocycles. The molecule has 0 aliphatic rings. The lowest BCUT2D eigenvalue weighted by atomic mass is 9.98. The van der Waals surface area contributed by atoms with Gasteiger partial charge in [-0.25, -0.2) is 9.18 Å². The van der Waals surface area contributed by atoms with Gasteiger partial charge in [-0.1, -0.05) is 28.1 Å². The Kier molecular flexibility index (Phi) is 6.43. The molecule has 2 rings (SSSR count). The lowest BCUT2D eigenvalue weighted by molar-refractivity contribution is 0.0595. The van der Waals surface area contributed by atoms with Gasteiger partial charge in [0.25, 0.3) is 10.1 Å². The van der Waals surface area contributed by atoms with Gasteiger partial charge in [0.05, 0.1) is 18.7 Å². The summed E-state index contributed by atoms with van der Waals surface area (Å²) in [5.74, 6) is -1.41. The van der Waals surface area contributed by atoms with Crippen LogP contribution in [0.25, 0.3) is 0 Å². The molecule has 0 spiro atoms. The number of esters is 1. The summed E-state index contributed by atoms with van der Waals surface area (Å²) in [6, 6.07) is 6.12. The van der Waals surface area contributed by atoms with E-state index in [4.69, 9.17) is 9.47 Å². The molecule has 1 N–H and O–H groups in total. The van der Waals surface area contributed by atoms with Gasteiger partial charge >= 0.3 is 5.97 Å². The highest BCUT2D eigenvalue weighted by Crippen LogP contribution is 2.41. The van der Waals surface area contributed by atoms with Crippen molar-refractivity contribution >= 4 is 47.9 Å². The van der Waals surface area contributed by atoms with Gasteiger partial charge in [-0.2, -0.15) is 8.42 Å². The Labute approximate surface area is 166 Å². The van der Waals surface area contributed by atoms with E-state index in [-0.39, 0.29) is 26.9 Å². The summed E-state index contributed by atoms with van der Waals surface area (Å²) in [4.78, 5) is 12.3. The topological polar surface area (TPSA) is 89.9 Å². The smallest absolute Gasteiger partial charge is 0.342 e. The van der Waals surface area contributed by atoms with E-state index in [9.17, 15) is 22.2 Å². The second-order valence-corrected chi connectivity index (χ2v) is 8.31. The number of ether oxygens (including phenoxy) is 2. The number of hydrogen-bond acceptors (Lipinski definition) is 5. The summed E-state index contributed by atoms with van der Waals surface area (Å²) in [5, 5.41) is -1.67. The number of hydrogen-bond donors (Lipinski definition) is 1. The molecule has 0 heterocycles. The minimum absolute atomic E-state index is 0.0428. The number of methoxy groups -OCH3 is 2. The van der Waals surface area contributed by atoms with Crippen LogP contribution in [0.1, 0.15) is 26.7 Å². The van der Waals surface area contributed by atoms with E-state index in [1.54, 1.807) is 0 Å². The van der Waals surface area contributed by atoms with Crippen LogP contribution in [-0.4, -0.2) is 33.2 Å². The molecular formula is C16H13Br2FO6S. The van der Waals surface area contributed by atoms with Gasteiger partial charge in [0.2, 0.25) is 0 Å². The quantitative estimate of drug-likeness (QED) is 0.479. The highest BCUT2D eigenvalue weighted by Gasteiger charge is 2.35. The molecule has 0 saturated heterocycles. The molecule has 0 radical (unpaired) electrons. The van der Waals surface area contributed by atoms with E-state index in [0.717, 1.165) is 19.2 Å². The second kappa shape index (κ2) is 8.03. The molecule has 0 bridgehead atoms. The van der Waals surface area contributed by atoms with Gasteiger partial charge in [-0.3, -0.25) is 4.55 Å². The fourth-order valence-electron chi connectivity index (χ4n) is 2.51. The predicted octanol–water partition coefficient (Wildman–Crippen LogP) is 4.12. The van der Waals surface area contributed by atoms with Crippen molar-refractivity contribution in [2.75, 3.05) is 14.2 Å². The molecule has 0 aromatic heterocycles. The Hall–Kier alpha value is -1.49. The molecule has 140 valence electrons. The number of halogens is 3. The van der Waals surface area contributed by atoms with Crippen LogP contribution in [0.4, 0.5) is 4.39 Å². The first-order valence-corrected chi connectivity index (χ1v) is 10.1. The molecule has 0 aliphatic heterocycles. The molecule has 6 nitrogen and oxygen atoms in total. The van der Waals surface area contributed by atoms with E-state index in [2.05, 4.69) is 31.9 Å². The molecule has 10 heteroatoms. The molecule has 0 aliphatic carbocycles. The maximum atomic E-state index is 13.4. The summed E-state index contributed by atoms with van der Waals surface area (Å²) in [5.41, 5.74) is -0.210. The van der Waals surface area contributed by atoms with Crippen LogP contribution in [0, 0.1) is 5.82 Å². The lowest BCUT2D eigenvalue weighted by Gasteiger charge is -2.21. The third-order valence-corrected chi connectivity index (χ3v) is 5.98. The zero-order chi connectivity index (χ0) is 19.6. The lowest BCUT2D eigenvalue weighted by Crippen LogP contribution is -2.19. The predicted molar refractivity (Wildman–Crippen MR) is 99.5 cm³/mol. The van der Waals surface area contributed by atoms with Crippen LogP contribution in [0.3, 0.4) is 0 Å². The van der Waals surface area contributed by atoms with Gasteiger partial charge in [0.1, 0.15) is 22.4 Å². The van der Waals surface area contributed by atoms with Crippen molar-refractivity contribution in [2.24, 2.45) is 0 Å². The minimum Gasteiger partial charge on any atom is -0.495 e. The zero-order valence-corrected chi connectivity index (χ0v) is 17.5. The highest BCUT2D eigenvalue weighted by atomic mass is 79.9. The van der Waals surface area contributed by atoms with Gasteiger partial charge in [0, 0.05) is 4.47 Å². The maximum absolute atomic E-state index is 13.4.